The first-order chi connectivity index (χ1) is 3.80. The van der Waals surface area contributed by atoms with Crippen LogP contribution in [0.5, 0.6) is 0 Å². The number of rotatable bonds is 1. The van der Waals surface area contributed by atoms with Crippen molar-refractivity contribution in [2.45, 2.75) is 5.16 Å². The molecule has 0 saturated carbocycles. The summed E-state index contributed by atoms with van der Waals surface area (Å²) in [5.41, 5.74) is 0. The van der Waals surface area contributed by atoms with Gasteiger partial charge < -0.3 is 0 Å². The summed E-state index contributed by atoms with van der Waals surface area (Å²) < 4.78 is 10.5. The van der Waals surface area contributed by atoms with Gasteiger partial charge in [0, 0.05) is 6.26 Å². The maximum absolute atomic E-state index is 10.5. The molecule has 0 bridgehead atoms. The summed E-state index contributed by atoms with van der Waals surface area (Å²) in [6.45, 7) is 0. The molecule has 0 saturated heterocycles. The lowest BCUT2D eigenvalue weighted by Crippen LogP contribution is -1.88. The Morgan fingerprint density at radius 3 is 2.88 bits per heavy atom. The molecule has 8 heavy (non-hydrogen) atoms. The summed E-state index contributed by atoms with van der Waals surface area (Å²) >= 11 is 0. The fourth-order valence-electron chi connectivity index (χ4n) is 0.333. The molecule has 1 N–H and O–H groups in total. The molecule has 1 atom stereocenters. The highest BCUT2D eigenvalue weighted by molar-refractivity contribution is 7.84. The molecule has 0 aliphatic rings. The third-order valence-corrected chi connectivity index (χ3v) is 1.41. The Hall–Kier alpha value is -0.710. The van der Waals surface area contributed by atoms with Crippen LogP contribution < -0.4 is 0 Å². The van der Waals surface area contributed by atoms with Crippen LogP contribution in [-0.4, -0.2) is 25.6 Å². The van der Waals surface area contributed by atoms with Crippen LogP contribution in [-0.2, 0) is 10.8 Å². The van der Waals surface area contributed by atoms with Gasteiger partial charge in [0.15, 0.2) is 0 Å². The zero-order chi connectivity index (χ0) is 5.98. The van der Waals surface area contributed by atoms with Gasteiger partial charge in [0.05, 0.1) is 10.8 Å². The van der Waals surface area contributed by atoms with E-state index in [1.807, 2.05) is 0 Å². The zero-order valence-electron chi connectivity index (χ0n) is 4.29. The Kier molecular flexibility index (Phi) is 1.38. The van der Waals surface area contributed by atoms with Crippen LogP contribution in [0.4, 0.5) is 0 Å². The zero-order valence-corrected chi connectivity index (χ0v) is 5.10. The van der Waals surface area contributed by atoms with Gasteiger partial charge in [-0.1, -0.05) is 0 Å². The first kappa shape index (κ1) is 5.43. The molecule has 44 valence electrons. The SMILES string of the molecule is C[S@](=O)c1ncn[nH]1. The average molecular weight is 131 g/mol. The number of hydrogen-bond donors (Lipinski definition) is 1. The minimum Gasteiger partial charge on any atom is -0.252 e. The van der Waals surface area contributed by atoms with Crippen LogP contribution in [0.15, 0.2) is 11.5 Å². The van der Waals surface area contributed by atoms with Crippen molar-refractivity contribution in [1.29, 1.82) is 0 Å². The maximum Gasteiger partial charge on any atom is 0.214 e. The first-order valence-electron chi connectivity index (χ1n) is 1.99. The standard InChI is InChI=1S/C3H5N3OS/c1-8(7)3-4-2-5-6-3/h2H,1H3,(H,4,5,6)/t8-/m0/s1. The molecule has 0 unspecified atom stereocenters. The van der Waals surface area contributed by atoms with E-state index in [4.69, 9.17) is 0 Å². The summed E-state index contributed by atoms with van der Waals surface area (Å²) in [7, 11) is -1.03. The molecule has 0 aromatic carbocycles. The average Bonchev–Trinajstić information content (AvgIpc) is 2.12. The van der Waals surface area contributed by atoms with Gasteiger partial charge in [-0.3, -0.25) is 9.31 Å². The van der Waals surface area contributed by atoms with Crippen molar-refractivity contribution in [2.75, 3.05) is 6.26 Å². The molecule has 1 aromatic rings. The quantitative estimate of drug-likeness (QED) is 0.561. The minimum atomic E-state index is -1.03. The van der Waals surface area contributed by atoms with E-state index in [-0.39, 0.29) is 0 Å². The number of hydrogen-bond acceptors (Lipinski definition) is 3. The number of nitrogens with one attached hydrogen (secondary N) is 1. The molecule has 0 amide bonds. The molecule has 0 aliphatic carbocycles. The van der Waals surface area contributed by atoms with E-state index in [0.717, 1.165) is 0 Å². The smallest absolute Gasteiger partial charge is 0.214 e. The van der Waals surface area contributed by atoms with Crippen molar-refractivity contribution in [2.24, 2.45) is 0 Å². The molecule has 1 rings (SSSR count). The van der Waals surface area contributed by atoms with Crippen molar-refractivity contribution >= 4 is 10.8 Å². The third kappa shape index (κ3) is 0.919. The van der Waals surface area contributed by atoms with E-state index in [1.54, 1.807) is 6.26 Å². The maximum atomic E-state index is 10.5. The van der Waals surface area contributed by atoms with Crippen molar-refractivity contribution in [3.8, 4) is 0 Å². The fourth-order valence-corrected chi connectivity index (χ4v) is 0.710. The summed E-state index contributed by atoms with van der Waals surface area (Å²) in [4.78, 5) is 3.65. The van der Waals surface area contributed by atoms with Crippen molar-refractivity contribution in [3.63, 3.8) is 0 Å². The lowest BCUT2D eigenvalue weighted by molar-refractivity contribution is 0.680. The second kappa shape index (κ2) is 2.04. The molecule has 1 heterocycles. The highest BCUT2D eigenvalue weighted by atomic mass is 32.2. The Labute approximate surface area is 48.8 Å². The second-order valence-corrected chi connectivity index (χ2v) is 2.54. The number of H-pyrrole nitrogens is 1. The largest absolute Gasteiger partial charge is 0.252 e. The van der Waals surface area contributed by atoms with Gasteiger partial charge in [-0.15, -0.1) is 0 Å². The molecular formula is C3H5N3OS. The Morgan fingerprint density at radius 2 is 2.62 bits per heavy atom. The molecular weight excluding hydrogens is 126 g/mol. The van der Waals surface area contributed by atoms with Crippen LogP contribution in [0.1, 0.15) is 0 Å². The molecule has 4 nitrogen and oxygen atoms in total. The van der Waals surface area contributed by atoms with Crippen LogP contribution in [0.25, 0.3) is 0 Å². The van der Waals surface area contributed by atoms with Crippen LogP contribution in [0.3, 0.4) is 0 Å². The third-order valence-electron chi connectivity index (χ3n) is 0.665. The van der Waals surface area contributed by atoms with Crippen molar-refractivity contribution in [1.82, 2.24) is 15.2 Å². The van der Waals surface area contributed by atoms with Gasteiger partial charge in [0.25, 0.3) is 0 Å². The predicted molar refractivity (Wildman–Crippen MR) is 28.7 cm³/mol. The fraction of sp³-hybridized carbons (Fsp3) is 0.333. The topological polar surface area (TPSA) is 58.6 Å². The molecule has 0 spiro atoms. The monoisotopic (exact) mass is 131 g/mol. The molecule has 5 heteroatoms. The summed E-state index contributed by atoms with van der Waals surface area (Å²) in [6, 6.07) is 0. The van der Waals surface area contributed by atoms with Crippen LogP contribution >= 0.6 is 0 Å². The lowest BCUT2D eigenvalue weighted by atomic mass is 11.3. The van der Waals surface area contributed by atoms with E-state index >= 15 is 0 Å². The molecule has 1 aromatic heterocycles. The first-order valence-corrected chi connectivity index (χ1v) is 3.55. The van der Waals surface area contributed by atoms with Crippen molar-refractivity contribution in [3.05, 3.63) is 6.33 Å². The Bertz CT molecular complexity index is 182. The normalized spacial score (nSPS) is 13.6. The van der Waals surface area contributed by atoms with Gasteiger partial charge >= 0.3 is 0 Å². The predicted octanol–water partition coefficient (Wildman–Crippen LogP) is -0.458. The lowest BCUT2D eigenvalue weighted by Gasteiger charge is -1.80. The van der Waals surface area contributed by atoms with E-state index in [9.17, 15) is 4.21 Å². The Morgan fingerprint density at radius 1 is 1.88 bits per heavy atom. The minimum absolute atomic E-state index is 0.421. The van der Waals surface area contributed by atoms with E-state index < -0.39 is 10.8 Å². The molecule has 0 aliphatic heterocycles. The van der Waals surface area contributed by atoms with E-state index in [0.29, 0.717) is 5.16 Å². The molecule has 0 radical (unpaired) electrons. The Balaban J connectivity index is 2.93. The number of aromatic amines is 1. The van der Waals surface area contributed by atoms with Gasteiger partial charge in [0.1, 0.15) is 6.33 Å². The summed E-state index contributed by atoms with van der Waals surface area (Å²) in [6.07, 6.45) is 2.87. The van der Waals surface area contributed by atoms with Gasteiger partial charge in [-0.25, -0.2) is 4.98 Å². The van der Waals surface area contributed by atoms with Crippen LogP contribution in [0.2, 0.25) is 0 Å². The highest BCUT2D eigenvalue weighted by Gasteiger charge is 1.95. The van der Waals surface area contributed by atoms with Gasteiger partial charge in [-0.2, -0.15) is 5.10 Å². The second-order valence-electron chi connectivity index (χ2n) is 1.24. The highest BCUT2D eigenvalue weighted by Crippen LogP contribution is 1.88. The number of aromatic nitrogens is 3. The van der Waals surface area contributed by atoms with E-state index in [2.05, 4.69) is 15.2 Å². The number of nitrogens with zero attached hydrogens (tertiary/aromatic N) is 2. The molecule has 0 fully saturated rings. The van der Waals surface area contributed by atoms with Crippen LogP contribution in [0, 0.1) is 0 Å². The van der Waals surface area contributed by atoms with Gasteiger partial charge in [-0.05, 0) is 0 Å². The summed E-state index contributed by atoms with van der Waals surface area (Å²) in [5, 5.41) is 6.41. The van der Waals surface area contributed by atoms with Gasteiger partial charge in [0.2, 0.25) is 5.16 Å². The van der Waals surface area contributed by atoms with Crippen molar-refractivity contribution < 1.29 is 4.21 Å². The van der Waals surface area contributed by atoms with E-state index in [1.165, 1.54) is 6.33 Å². The summed E-state index contributed by atoms with van der Waals surface area (Å²) in [5.74, 6) is 0.